The quantitative estimate of drug-likeness (QED) is 0.813. The second kappa shape index (κ2) is 8.91. The van der Waals surface area contributed by atoms with Gasteiger partial charge in [0, 0.05) is 43.1 Å². The first-order valence-electron chi connectivity index (χ1n) is 10.1. The first-order chi connectivity index (χ1) is 13.5. The first-order valence-corrected chi connectivity index (χ1v) is 10.1. The molecule has 0 aromatic heterocycles. The number of carbonyl (C=O) groups excluding carboxylic acids is 2. The highest BCUT2D eigenvalue weighted by atomic mass is 16.2. The Morgan fingerprint density at radius 2 is 1.68 bits per heavy atom. The van der Waals surface area contributed by atoms with Crippen LogP contribution in [-0.4, -0.2) is 42.9 Å². The van der Waals surface area contributed by atoms with Crippen LogP contribution in [0.1, 0.15) is 53.0 Å². The number of benzene rings is 2. The van der Waals surface area contributed by atoms with Gasteiger partial charge in [-0.2, -0.15) is 0 Å². The van der Waals surface area contributed by atoms with Crippen molar-refractivity contribution in [2.24, 2.45) is 0 Å². The van der Waals surface area contributed by atoms with E-state index in [0.29, 0.717) is 29.9 Å². The molecule has 1 fully saturated rings. The summed E-state index contributed by atoms with van der Waals surface area (Å²) in [6, 6.07) is 13.2. The van der Waals surface area contributed by atoms with Crippen LogP contribution in [0.4, 0.5) is 11.4 Å². The monoisotopic (exact) mass is 379 g/mol. The van der Waals surface area contributed by atoms with E-state index in [4.69, 9.17) is 0 Å². The lowest BCUT2D eigenvalue weighted by Crippen LogP contribution is -2.32. The molecule has 1 aliphatic rings. The van der Waals surface area contributed by atoms with E-state index in [1.807, 2.05) is 68.1 Å². The van der Waals surface area contributed by atoms with Crippen LogP contribution in [0.2, 0.25) is 0 Å². The molecule has 28 heavy (non-hydrogen) atoms. The fraction of sp³-hybridized carbons (Fsp3) is 0.391. The number of hydrogen-bond acceptors (Lipinski definition) is 3. The zero-order chi connectivity index (χ0) is 20.1. The molecular weight excluding hydrogens is 350 g/mol. The van der Waals surface area contributed by atoms with Gasteiger partial charge in [0.25, 0.3) is 11.8 Å². The van der Waals surface area contributed by atoms with E-state index in [2.05, 4.69) is 10.2 Å². The van der Waals surface area contributed by atoms with Crippen molar-refractivity contribution in [2.45, 2.75) is 33.6 Å². The zero-order valence-electron chi connectivity index (χ0n) is 17.0. The Morgan fingerprint density at radius 3 is 2.32 bits per heavy atom. The molecular formula is C23H29N3O2. The van der Waals surface area contributed by atoms with Gasteiger partial charge < -0.3 is 15.1 Å². The highest BCUT2D eigenvalue weighted by Gasteiger charge is 2.23. The van der Waals surface area contributed by atoms with Crippen LogP contribution in [0.5, 0.6) is 0 Å². The number of rotatable bonds is 6. The van der Waals surface area contributed by atoms with Crippen LogP contribution in [0.25, 0.3) is 0 Å². The molecule has 1 N–H and O–H groups in total. The molecule has 0 radical (unpaired) electrons. The van der Waals surface area contributed by atoms with Crippen molar-refractivity contribution >= 4 is 23.2 Å². The van der Waals surface area contributed by atoms with E-state index in [1.165, 1.54) is 0 Å². The average molecular weight is 380 g/mol. The van der Waals surface area contributed by atoms with Gasteiger partial charge in [0.1, 0.15) is 0 Å². The summed E-state index contributed by atoms with van der Waals surface area (Å²) in [7, 11) is 0. The number of amides is 2. The van der Waals surface area contributed by atoms with Gasteiger partial charge in [0.2, 0.25) is 0 Å². The minimum atomic E-state index is -0.159. The summed E-state index contributed by atoms with van der Waals surface area (Å²) in [6.45, 7) is 9.15. The summed E-state index contributed by atoms with van der Waals surface area (Å²) in [6.07, 6.45) is 2.29. The van der Waals surface area contributed by atoms with Crippen molar-refractivity contribution in [3.05, 3.63) is 59.2 Å². The molecule has 0 unspecified atom stereocenters. The molecule has 1 aliphatic heterocycles. The topological polar surface area (TPSA) is 52.7 Å². The molecule has 2 aromatic rings. The van der Waals surface area contributed by atoms with Crippen molar-refractivity contribution in [1.82, 2.24) is 4.90 Å². The summed E-state index contributed by atoms with van der Waals surface area (Å²) < 4.78 is 0. The van der Waals surface area contributed by atoms with Gasteiger partial charge in [-0.1, -0.05) is 18.2 Å². The van der Waals surface area contributed by atoms with E-state index >= 15 is 0 Å². The third-order valence-corrected chi connectivity index (χ3v) is 5.37. The molecule has 2 aromatic carbocycles. The van der Waals surface area contributed by atoms with Gasteiger partial charge >= 0.3 is 0 Å². The van der Waals surface area contributed by atoms with Gasteiger partial charge in [0.05, 0.1) is 5.56 Å². The summed E-state index contributed by atoms with van der Waals surface area (Å²) in [5.41, 5.74) is 3.83. The van der Waals surface area contributed by atoms with E-state index in [0.717, 1.165) is 37.2 Å². The number of anilines is 2. The summed E-state index contributed by atoms with van der Waals surface area (Å²) >= 11 is 0. The van der Waals surface area contributed by atoms with Gasteiger partial charge in [-0.3, -0.25) is 9.59 Å². The smallest absolute Gasteiger partial charge is 0.256 e. The molecule has 5 heteroatoms. The molecule has 0 aliphatic carbocycles. The molecule has 1 heterocycles. The number of aryl methyl sites for hydroxylation is 1. The zero-order valence-corrected chi connectivity index (χ0v) is 17.0. The normalized spacial score (nSPS) is 13.5. The third-order valence-electron chi connectivity index (χ3n) is 5.37. The van der Waals surface area contributed by atoms with Crippen molar-refractivity contribution in [3.63, 3.8) is 0 Å². The lowest BCUT2D eigenvalue weighted by Gasteiger charge is -2.25. The molecule has 1 saturated heterocycles. The lowest BCUT2D eigenvalue weighted by molar-refractivity contribution is 0.0773. The Hall–Kier alpha value is -2.82. The number of nitrogens with zero attached hydrogens (tertiary/aromatic N) is 2. The van der Waals surface area contributed by atoms with Crippen molar-refractivity contribution in [2.75, 3.05) is 36.4 Å². The van der Waals surface area contributed by atoms with Crippen molar-refractivity contribution < 1.29 is 9.59 Å². The number of nitrogens with one attached hydrogen (secondary N) is 1. The number of hydrogen-bond donors (Lipinski definition) is 1. The van der Waals surface area contributed by atoms with Gasteiger partial charge in [-0.15, -0.1) is 0 Å². The minimum absolute atomic E-state index is 0.0129. The summed E-state index contributed by atoms with van der Waals surface area (Å²) in [5.74, 6) is -0.146. The van der Waals surface area contributed by atoms with Crippen LogP contribution < -0.4 is 10.2 Å². The Balaban J connectivity index is 1.92. The standard InChI is InChI=1S/C23H29N3O2/c1-4-25(5-2)23(28)20-16-18(12-13-21(20)26-14-8-9-15-26)24-22(27)19-11-7-6-10-17(19)3/h6-7,10-13,16H,4-5,8-9,14-15H2,1-3H3,(H,24,27). The van der Waals surface area contributed by atoms with Crippen LogP contribution in [0.3, 0.4) is 0 Å². The molecule has 0 atom stereocenters. The predicted octanol–water partition coefficient (Wildman–Crippen LogP) is 4.33. The second-order valence-corrected chi connectivity index (χ2v) is 7.17. The van der Waals surface area contributed by atoms with E-state index in [-0.39, 0.29) is 11.8 Å². The molecule has 2 amide bonds. The van der Waals surface area contributed by atoms with Crippen LogP contribution in [0, 0.1) is 6.92 Å². The molecule has 0 spiro atoms. The van der Waals surface area contributed by atoms with Gasteiger partial charge in [-0.25, -0.2) is 0 Å². The summed E-state index contributed by atoms with van der Waals surface area (Å²) in [4.78, 5) is 29.9. The second-order valence-electron chi connectivity index (χ2n) is 7.17. The molecule has 5 nitrogen and oxygen atoms in total. The van der Waals surface area contributed by atoms with Crippen LogP contribution in [0.15, 0.2) is 42.5 Å². The maximum atomic E-state index is 13.1. The fourth-order valence-electron chi connectivity index (χ4n) is 3.73. The molecule has 0 bridgehead atoms. The first kappa shape index (κ1) is 19.9. The highest BCUT2D eigenvalue weighted by molar-refractivity contribution is 6.07. The van der Waals surface area contributed by atoms with E-state index < -0.39 is 0 Å². The Morgan fingerprint density at radius 1 is 1.00 bits per heavy atom. The maximum absolute atomic E-state index is 13.1. The van der Waals surface area contributed by atoms with Crippen LogP contribution in [-0.2, 0) is 0 Å². The Labute approximate surface area is 167 Å². The molecule has 148 valence electrons. The van der Waals surface area contributed by atoms with Crippen LogP contribution >= 0.6 is 0 Å². The largest absolute Gasteiger partial charge is 0.371 e. The average Bonchev–Trinajstić information content (AvgIpc) is 3.23. The maximum Gasteiger partial charge on any atom is 0.256 e. The van der Waals surface area contributed by atoms with E-state index in [9.17, 15) is 9.59 Å². The SMILES string of the molecule is CCN(CC)C(=O)c1cc(NC(=O)c2ccccc2C)ccc1N1CCCC1. The Kier molecular flexibility index (Phi) is 6.34. The molecule has 3 rings (SSSR count). The third kappa shape index (κ3) is 4.19. The van der Waals surface area contributed by atoms with Gasteiger partial charge in [0.15, 0.2) is 0 Å². The molecule has 0 saturated carbocycles. The minimum Gasteiger partial charge on any atom is -0.371 e. The highest BCUT2D eigenvalue weighted by Crippen LogP contribution is 2.29. The fourth-order valence-corrected chi connectivity index (χ4v) is 3.73. The van der Waals surface area contributed by atoms with Gasteiger partial charge in [-0.05, 0) is 63.4 Å². The van der Waals surface area contributed by atoms with E-state index in [1.54, 1.807) is 0 Å². The van der Waals surface area contributed by atoms with Crippen molar-refractivity contribution in [3.8, 4) is 0 Å². The lowest BCUT2D eigenvalue weighted by atomic mass is 10.1. The number of carbonyl (C=O) groups is 2. The van der Waals surface area contributed by atoms with Crippen molar-refractivity contribution in [1.29, 1.82) is 0 Å². The predicted molar refractivity (Wildman–Crippen MR) is 114 cm³/mol. The Bertz CT molecular complexity index is 853. The summed E-state index contributed by atoms with van der Waals surface area (Å²) in [5, 5.41) is 2.96.